The van der Waals surface area contributed by atoms with Crippen LogP contribution in [0, 0.1) is 5.41 Å². The summed E-state index contributed by atoms with van der Waals surface area (Å²) in [4.78, 5) is 15.3. The van der Waals surface area contributed by atoms with E-state index >= 15 is 0 Å². The Hall–Kier alpha value is -0.850. The van der Waals surface area contributed by atoms with Gasteiger partial charge in [0.05, 0.1) is 18.2 Å². The lowest BCUT2D eigenvalue weighted by atomic mass is 9.84. The Labute approximate surface area is 133 Å². The molecule has 0 aromatic heterocycles. The first-order valence-electron chi connectivity index (χ1n) is 8.29. The van der Waals surface area contributed by atoms with E-state index < -0.39 is 6.09 Å². The number of aliphatic hydroxyl groups is 1. The maximum atomic E-state index is 11.4. The SMILES string of the molecule is CC(C)(C)C1CN(CCCOC2CC(O)C2)CCN1C(=O)O. The Bertz CT molecular complexity index is 377. The average molecular weight is 314 g/mol. The van der Waals surface area contributed by atoms with Crippen molar-refractivity contribution in [2.75, 3.05) is 32.8 Å². The number of aliphatic hydroxyl groups excluding tert-OH is 1. The largest absolute Gasteiger partial charge is 0.465 e. The van der Waals surface area contributed by atoms with Crippen molar-refractivity contribution >= 4 is 6.09 Å². The zero-order valence-corrected chi connectivity index (χ0v) is 14.0. The van der Waals surface area contributed by atoms with Crippen molar-refractivity contribution in [1.29, 1.82) is 0 Å². The zero-order valence-electron chi connectivity index (χ0n) is 14.0. The molecule has 6 nitrogen and oxygen atoms in total. The highest BCUT2D eigenvalue weighted by atomic mass is 16.5. The summed E-state index contributed by atoms with van der Waals surface area (Å²) in [6.45, 7) is 10.1. The summed E-state index contributed by atoms with van der Waals surface area (Å²) >= 11 is 0. The fraction of sp³-hybridized carbons (Fsp3) is 0.938. The van der Waals surface area contributed by atoms with Crippen molar-refractivity contribution in [3.8, 4) is 0 Å². The van der Waals surface area contributed by atoms with Crippen LogP contribution >= 0.6 is 0 Å². The number of hydrogen-bond acceptors (Lipinski definition) is 4. The fourth-order valence-electron chi connectivity index (χ4n) is 3.22. The van der Waals surface area contributed by atoms with Crippen molar-refractivity contribution in [3.05, 3.63) is 0 Å². The van der Waals surface area contributed by atoms with Gasteiger partial charge in [-0.3, -0.25) is 4.90 Å². The molecule has 128 valence electrons. The number of ether oxygens (including phenoxy) is 1. The Kier molecular flexibility index (Phi) is 5.69. The van der Waals surface area contributed by atoms with Gasteiger partial charge in [0.15, 0.2) is 0 Å². The third-order valence-electron chi connectivity index (χ3n) is 4.75. The van der Waals surface area contributed by atoms with Gasteiger partial charge < -0.3 is 19.8 Å². The molecule has 1 saturated heterocycles. The standard InChI is InChI=1S/C16H30N2O4/c1-16(2,3)14-11-17(6-7-18(14)15(20)21)5-4-8-22-13-9-12(19)10-13/h12-14,19H,4-11H2,1-3H3,(H,20,21). The molecule has 6 heteroatoms. The van der Waals surface area contributed by atoms with Crippen molar-refractivity contribution in [3.63, 3.8) is 0 Å². The van der Waals surface area contributed by atoms with Crippen LogP contribution in [0.2, 0.25) is 0 Å². The van der Waals surface area contributed by atoms with E-state index in [2.05, 4.69) is 25.7 Å². The number of carboxylic acid groups (broad SMARTS) is 1. The lowest BCUT2D eigenvalue weighted by Crippen LogP contribution is -2.59. The molecule has 0 aromatic carbocycles. The number of amides is 1. The van der Waals surface area contributed by atoms with Crippen LogP contribution in [0.15, 0.2) is 0 Å². The molecule has 1 aliphatic heterocycles. The maximum absolute atomic E-state index is 11.4. The molecule has 2 rings (SSSR count). The van der Waals surface area contributed by atoms with E-state index in [1.54, 1.807) is 4.90 Å². The predicted molar refractivity (Wildman–Crippen MR) is 84.0 cm³/mol. The van der Waals surface area contributed by atoms with Gasteiger partial charge in [0.2, 0.25) is 0 Å². The summed E-state index contributed by atoms with van der Waals surface area (Å²) in [6.07, 6.45) is 1.75. The summed E-state index contributed by atoms with van der Waals surface area (Å²) in [5.41, 5.74) is -0.0599. The summed E-state index contributed by atoms with van der Waals surface area (Å²) < 4.78 is 5.70. The van der Waals surface area contributed by atoms with E-state index in [0.29, 0.717) is 6.54 Å². The van der Waals surface area contributed by atoms with Crippen molar-refractivity contribution < 1.29 is 19.7 Å². The molecule has 0 radical (unpaired) electrons. The van der Waals surface area contributed by atoms with E-state index in [9.17, 15) is 15.0 Å². The average Bonchev–Trinajstić information content (AvgIpc) is 2.39. The van der Waals surface area contributed by atoms with E-state index in [0.717, 1.165) is 45.5 Å². The van der Waals surface area contributed by atoms with Crippen LogP contribution in [0.25, 0.3) is 0 Å². The summed E-state index contributed by atoms with van der Waals surface area (Å²) in [5.74, 6) is 0. The third kappa shape index (κ3) is 4.57. The van der Waals surface area contributed by atoms with E-state index in [1.165, 1.54) is 0 Å². The van der Waals surface area contributed by atoms with Gasteiger partial charge in [0.25, 0.3) is 0 Å². The molecule has 1 atom stereocenters. The Morgan fingerprint density at radius 3 is 2.50 bits per heavy atom. The molecule has 1 saturated carbocycles. The van der Waals surface area contributed by atoms with Crippen molar-refractivity contribution in [1.82, 2.24) is 9.80 Å². The van der Waals surface area contributed by atoms with Gasteiger partial charge in [0, 0.05) is 32.8 Å². The van der Waals surface area contributed by atoms with Gasteiger partial charge in [-0.25, -0.2) is 4.79 Å². The number of nitrogens with zero attached hydrogens (tertiary/aromatic N) is 2. The molecular formula is C16H30N2O4. The van der Waals surface area contributed by atoms with Crippen LogP contribution < -0.4 is 0 Å². The molecule has 22 heavy (non-hydrogen) atoms. The molecule has 1 aliphatic carbocycles. The quantitative estimate of drug-likeness (QED) is 0.755. The fourth-order valence-corrected chi connectivity index (χ4v) is 3.22. The van der Waals surface area contributed by atoms with Crippen LogP contribution in [-0.2, 0) is 4.74 Å². The molecule has 2 fully saturated rings. The minimum Gasteiger partial charge on any atom is -0.465 e. The first-order chi connectivity index (χ1) is 10.3. The van der Waals surface area contributed by atoms with Gasteiger partial charge in [0.1, 0.15) is 0 Å². The second-order valence-electron chi connectivity index (χ2n) is 7.63. The smallest absolute Gasteiger partial charge is 0.407 e. The number of piperazine rings is 1. The first-order valence-corrected chi connectivity index (χ1v) is 8.29. The first kappa shape index (κ1) is 17.5. The van der Waals surface area contributed by atoms with Gasteiger partial charge in [-0.05, 0) is 24.7 Å². The van der Waals surface area contributed by atoms with Crippen LogP contribution in [0.5, 0.6) is 0 Å². The van der Waals surface area contributed by atoms with Crippen molar-refractivity contribution in [2.24, 2.45) is 5.41 Å². The summed E-state index contributed by atoms with van der Waals surface area (Å²) in [7, 11) is 0. The maximum Gasteiger partial charge on any atom is 0.407 e. The Balaban J connectivity index is 1.72. The van der Waals surface area contributed by atoms with Crippen molar-refractivity contribution in [2.45, 2.75) is 58.3 Å². The zero-order chi connectivity index (χ0) is 16.3. The number of carbonyl (C=O) groups is 1. The highest BCUT2D eigenvalue weighted by Gasteiger charge is 2.37. The van der Waals surface area contributed by atoms with Crippen LogP contribution in [0.3, 0.4) is 0 Å². The molecule has 0 spiro atoms. The van der Waals surface area contributed by atoms with Gasteiger partial charge in [-0.2, -0.15) is 0 Å². The Morgan fingerprint density at radius 2 is 1.95 bits per heavy atom. The molecule has 1 amide bonds. The topological polar surface area (TPSA) is 73.2 Å². The summed E-state index contributed by atoms with van der Waals surface area (Å²) in [5, 5.41) is 18.6. The molecule has 0 aromatic rings. The molecular weight excluding hydrogens is 284 g/mol. The van der Waals surface area contributed by atoms with E-state index in [-0.39, 0.29) is 23.7 Å². The lowest BCUT2D eigenvalue weighted by molar-refractivity contribution is -0.0731. The molecule has 0 bridgehead atoms. The molecule has 2 N–H and O–H groups in total. The third-order valence-corrected chi connectivity index (χ3v) is 4.75. The van der Waals surface area contributed by atoms with Gasteiger partial charge >= 0.3 is 6.09 Å². The minimum absolute atomic E-state index is 0.0291. The van der Waals surface area contributed by atoms with E-state index in [1.807, 2.05) is 0 Å². The molecule has 1 heterocycles. The lowest BCUT2D eigenvalue weighted by Gasteiger charge is -2.46. The van der Waals surface area contributed by atoms with Gasteiger partial charge in [-0.1, -0.05) is 20.8 Å². The minimum atomic E-state index is -0.813. The molecule has 1 unspecified atom stereocenters. The van der Waals surface area contributed by atoms with Crippen LogP contribution in [-0.4, -0.2) is 77.1 Å². The Morgan fingerprint density at radius 1 is 1.27 bits per heavy atom. The predicted octanol–water partition coefficient (Wildman–Crippen LogP) is 1.63. The number of hydrogen-bond donors (Lipinski definition) is 2. The van der Waals surface area contributed by atoms with Gasteiger partial charge in [-0.15, -0.1) is 0 Å². The normalized spacial score (nSPS) is 30.2. The molecule has 2 aliphatic rings. The highest BCUT2D eigenvalue weighted by Crippen LogP contribution is 2.28. The summed E-state index contributed by atoms with van der Waals surface area (Å²) in [6, 6.07) is 0.0291. The second-order valence-corrected chi connectivity index (χ2v) is 7.63. The highest BCUT2D eigenvalue weighted by molar-refractivity contribution is 5.65. The second kappa shape index (κ2) is 7.15. The van der Waals surface area contributed by atoms with E-state index in [4.69, 9.17) is 4.74 Å². The van der Waals surface area contributed by atoms with Crippen LogP contribution in [0.4, 0.5) is 4.79 Å². The monoisotopic (exact) mass is 314 g/mol. The van der Waals surface area contributed by atoms with Crippen LogP contribution in [0.1, 0.15) is 40.0 Å². The number of rotatable bonds is 5.